The van der Waals surface area contributed by atoms with Gasteiger partial charge in [-0.3, -0.25) is 0 Å². The topological polar surface area (TPSA) is 84.1 Å². The van der Waals surface area contributed by atoms with Crippen molar-refractivity contribution in [2.24, 2.45) is 0 Å². The van der Waals surface area contributed by atoms with Gasteiger partial charge in [0, 0.05) is 18.2 Å². The Balaban J connectivity index is 2.71. The molecular formula is C9H16N4O. The van der Waals surface area contributed by atoms with E-state index in [0.29, 0.717) is 12.2 Å². The second-order valence-corrected chi connectivity index (χ2v) is 3.29. The maximum Gasteiger partial charge on any atom is 0.134 e. The predicted octanol–water partition coefficient (Wildman–Crippen LogP) is 0.550. The maximum atomic E-state index is 8.74. The lowest BCUT2D eigenvalue weighted by Crippen LogP contribution is -2.18. The Morgan fingerprint density at radius 1 is 1.57 bits per heavy atom. The van der Waals surface area contributed by atoms with Crippen LogP contribution in [0.3, 0.4) is 0 Å². The Hall–Kier alpha value is -1.36. The number of aliphatic hydroxyl groups excluding tert-OH is 1. The van der Waals surface area contributed by atoms with Crippen LogP contribution in [0.2, 0.25) is 0 Å². The first-order valence-corrected chi connectivity index (χ1v) is 4.59. The van der Waals surface area contributed by atoms with Gasteiger partial charge in [0.15, 0.2) is 0 Å². The molecule has 1 aromatic heterocycles. The first kappa shape index (κ1) is 10.7. The van der Waals surface area contributed by atoms with Gasteiger partial charge in [0.25, 0.3) is 0 Å². The van der Waals surface area contributed by atoms with Crippen LogP contribution < -0.4 is 11.1 Å². The van der Waals surface area contributed by atoms with E-state index in [0.717, 1.165) is 11.4 Å². The number of hydrogen-bond acceptors (Lipinski definition) is 5. The van der Waals surface area contributed by atoms with Gasteiger partial charge in [-0.05, 0) is 20.3 Å². The van der Waals surface area contributed by atoms with E-state index in [1.54, 1.807) is 0 Å². The monoisotopic (exact) mass is 196 g/mol. The van der Waals surface area contributed by atoms with Crippen LogP contribution in [0.4, 0.5) is 11.6 Å². The van der Waals surface area contributed by atoms with Crippen LogP contribution in [0.15, 0.2) is 6.33 Å². The highest BCUT2D eigenvalue weighted by Crippen LogP contribution is 2.16. The minimum absolute atomic E-state index is 0.160. The zero-order chi connectivity index (χ0) is 10.6. The third kappa shape index (κ3) is 2.56. The van der Waals surface area contributed by atoms with Crippen LogP contribution in [0.1, 0.15) is 18.9 Å². The number of anilines is 2. The van der Waals surface area contributed by atoms with Crippen molar-refractivity contribution in [2.45, 2.75) is 26.3 Å². The molecule has 4 N–H and O–H groups in total. The van der Waals surface area contributed by atoms with Gasteiger partial charge in [-0.2, -0.15) is 0 Å². The summed E-state index contributed by atoms with van der Waals surface area (Å²) in [6.45, 7) is 4.01. The molecule has 0 amide bonds. The average molecular weight is 196 g/mol. The second kappa shape index (κ2) is 4.76. The molecule has 5 heteroatoms. The predicted molar refractivity (Wildman–Crippen MR) is 56.0 cm³/mol. The zero-order valence-corrected chi connectivity index (χ0v) is 8.49. The van der Waals surface area contributed by atoms with Crippen LogP contribution >= 0.6 is 0 Å². The van der Waals surface area contributed by atoms with E-state index in [2.05, 4.69) is 15.3 Å². The Bertz CT molecular complexity index is 303. The number of aromatic nitrogens is 2. The zero-order valence-electron chi connectivity index (χ0n) is 8.49. The van der Waals surface area contributed by atoms with E-state index >= 15 is 0 Å². The molecule has 0 radical (unpaired) electrons. The molecule has 0 aliphatic heterocycles. The number of rotatable bonds is 4. The quantitative estimate of drug-likeness (QED) is 0.655. The van der Waals surface area contributed by atoms with E-state index in [1.165, 1.54) is 6.33 Å². The molecule has 0 spiro atoms. The highest BCUT2D eigenvalue weighted by Gasteiger charge is 2.06. The fourth-order valence-electron chi connectivity index (χ4n) is 1.11. The SMILES string of the molecule is Cc1c(N)ncnc1NC(C)CCO. The largest absolute Gasteiger partial charge is 0.396 e. The molecular weight excluding hydrogens is 180 g/mol. The van der Waals surface area contributed by atoms with Crippen molar-refractivity contribution < 1.29 is 5.11 Å². The Kier molecular flexibility index (Phi) is 3.64. The standard InChI is InChI=1S/C9H16N4O/c1-6(3-4-14)13-9-7(2)8(10)11-5-12-9/h5-6,14H,3-4H2,1-2H3,(H3,10,11,12,13). The molecule has 78 valence electrons. The Morgan fingerprint density at radius 2 is 2.29 bits per heavy atom. The minimum atomic E-state index is 0.160. The lowest BCUT2D eigenvalue weighted by Gasteiger charge is -2.14. The van der Waals surface area contributed by atoms with Crippen molar-refractivity contribution in [3.05, 3.63) is 11.9 Å². The first-order chi connectivity index (χ1) is 6.65. The molecule has 1 aromatic rings. The van der Waals surface area contributed by atoms with Crippen molar-refractivity contribution in [3.8, 4) is 0 Å². The van der Waals surface area contributed by atoms with Gasteiger partial charge in [0.1, 0.15) is 18.0 Å². The van der Waals surface area contributed by atoms with Gasteiger partial charge in [0.2, 0.25) is 0 Å². The maximum absolute atomic E-state index is 8.74. The minimum Gasteiger partial charge on any atom is -0.396 e. The Labute approximate surface area is 83.4 Å². The number of nitrogens with two attached hydrogens (primary N) is 1. The molecule has 0 aromatic carbocycles. The molecule has 1 rings (SSSR count). The van der Waals surface area contributed by atoms with Crippen LogP contribution in [-0.4, -0.2) is 27.7 Å². The first-order valence-electron chi connectivity index (χ1n) is 4.59. The highest BCUT2D eigenvalue weighted by atomic mass is 16.3. The van der Waals surface area contributed by atoms with Gasteiger partial charge in [-0.15, -0.1) is 0 Å². The fraction of sp³-hybridized carbons (Fsp3) is 0.556. The Morgan fingerprint density at radius 3 is 2.93 bits per heavy atom. The third-order valence-electron chi connectivity index (χ3n) is 2.07. The average Bonchev–Trinajstić information content (AvgIpc) is 2.13. The summed E-state index contributed by atoms with van der Waals surface area (Å²) < 4.78 is 0. The third-order valence-corrected chi connectivity index (χ3v) is 2.07. The normalized spacial score (nSPS) is 12.5. The lowest BCUT2D eigenvalue weighted by molar-refractivity contribution is 0.282. The van der Waals surface area contributed by atoms with Crippen molar-refractivity contribution in [3.63, 3.8) is 0 Å². The molecule has 0 aliphatic rings. The fourth-order valence-corrected chi connectivity index (χ4v) is 1.11. The van der Waals surface area contributed by atoms with Gasteiger partial charge >= 0.3 is 0 Å². The van der Waals surface area contributed by atoms with Crippen molar-refractivity contribution in [1.29, 1.82) is 0 Å². The molecule has 0 bridgehead atoms. The van der Waals surface area contributed by atoms with Crippen LogP contribution in [0, 0.1) is 6.92 Å². The van der Waals surface area contributed by atoms with Crippen molar-refractivity contribution in [2.75, 3.05) is 17.7 Å². The van der Waals surface area contributed by atoms with Crippen LogP contribution in [-0.2, 0) is 0 Å². The summed E-state index contributed by atoms with van der Waals surface area (Å²) in [5, 5.41) is 11.9. The van der Waals surface area contributed by atoms with E-state index in [1.807, 2.05) is 13.8 Å². The van der Waals surface area contributed by atoms with Crippen LogP contribution in [0.25, 0.3) is 0 Å². The molecule has 1 heterocycles. The number of nitrogens with zero attached hydrogens (tertiary/aromatic N) is 2. The van der Waals surface area contributed by atoms with Gasteiger partial charge in [-0.1, -0.05) is 0 Å². The number of nitrogen functional groups attached to an aromatic ring is 1. The number of nitrogens with one attached hydrogen (secondary N) is 1. The molecule has 14 heavy (non-hydrogen) atoms. The van der Waals surface area contributed by atoms with Gasteiger partial charge < -0.3 is 16.2 Å². The van der Waals surface area contributed by atoms with Gasteiger partial charge in [-0.25, -0.2) is 9.97 Å². The summed E-state index contributed by atoms with van der Waals surface area (Å²) in [7, 11) is 0. The van der Waals surface area contributed by atoms with Gasteiger partial charge in [0.05, 0.1) is 0 Å². The van der Waals surface area contributed by atoms with E-state index < -0.39 is 0 Å². The number of aliphatic hydroxyl groups is 1. The van der Waals surface area contributed by atoms with E-state index in [-0.39, 0.29) is 12.6 Å². The molecule has 0 fully saturated rings. The molecule has 0 saturated carbocycles. The molecule has 0 aliphatic carbocycles. The lowest BCUT2D eigenvalue weighted by atomic mass is 10.2. The summed E-state index contributed by atoms with van der Waals surface area (Å²) >= 11 is 0. The van der Waals surface area contributed by atoms with Crippen LogP contribution in [0.5, 0.6) is 0 Å². The molecule has 0 saturated heterocycles. The highest BCUT2D eigenvalue weighted by molar-refractivity contribution is 5.54. The summed E-state index contributed by atoms with van der Waals surface area (Å²) in [6.07, 6.45) is 2.11. The van der Waals surface area contributed by atoms with E-state index in [4.69, 9.17) is 10.8 Å². The number of hydrogen-bond donors (Lipinski definition) is 3. The summed E-state index contributed by atoms with van der Waals surface area (Å²) in [6, 6.07) is 0.174. The smallest absolute Gasteiger partial charge is 0.134 e. The van der Waals surface area contributed by atoms with Crippen molar-refractivity contribution >= 4 is 11.6 Å². The molecule has 1 atom stereocenters. The summed E-state index contributed by atoms with van der Waals surface area (Å²) in [5.41, 5.74) is 6.47. The summed E-state index contributed by atoms with van der Waals surface area (Å²) in [5.74, 6) is 1.22. The van der Waals surface area contributed by atoms with Crippen molar-refractivity contribution in [1.82, 2.24) is 9.97 Å². The van der Waals surface area contributed by atoms with E-state index in [9.17, 15) is 0 Å². The second-order valence-electron chi connectivity index (χ2n) is 3.29. The molecule has 5 nitrogen and oxygen atoms in total. The summed E-state index contributed by atoms with van der Waals surface area (Å²) in [4.78, 5) is 7.95. The molecule has 1 unspecified atom stereocenters.